The van der Waals surface area contributed by atoms with Crippen LogP contribution in [-0.4, -0.2) is 16.7 Å². The molecule has 4 aromatic rings. The minimum atomic E-state index is -0.0912. The first-order chi connectivity index (χ1) is 13.3. The van der Waals surface area contributed by atoms with Crippen LogP contribution >= 0.6 is 0 Å². The highest BCUT2D eigenvalue weighted by molar-refractivity contribution is 5.80. The van der Waals surface area contributed by atoms with E-state index in [4.69, 9.17) is 9.72 Å². The SMILES string of the molecule is COc1ccccc1C=Cc1nc2ccccc2c(=O)n1-c1ccccc1. The molecule has 0 aliphatic carbocycles. The second kappa shape index (κ2) is 7.30. The Labute approximate surface area is 157 Å². The van der Waals surface area contributed by atoms with Crippen molar-refractivity contribution in [3.8, 4) is 11.4 Å². The van der Waals surface area contributed by atoms with Crippen LogP contribution in [0, 0.1) is 0 Å². The van der Waals surface area contributed by atoms with Crippen LogP contribution < -0.4 is 10.3 Å². The molecular formula is C23H18N2O2. The van der Waals surface area contributed by atoms with Gasteiger partial charge in [0.25, 0.3) is 5.56 Å². The van der Waals surface area contributed by atoms with Crippen LogP contribution in [0.5, 0.6) is 5.75 Å². The summed E-state index contributed by atoms with van der Waals surface area (Å²) in [5.41, 5.74) is 2.28. The molecule has 4 nitrogen and oxygen atoms in total. The lowest BCUT2D eigenvalue weighted by atomic mass is 10.1. The van der Waals surface area contributed by atoms with E-state index in [0.717, 1.165) is 17.0 Å². The normalized spacial score (nSPS) is 11.1. The van der Waals surface area contributed by atoms with Crippen LogP contribution in [-0.2, 0) is 0 Å². The maximum absolute atomic E-state index is 13.1. The topological polar surface area (TPSA) is 44.1 Å². The number of methoxy groups -OCH3 is 1. The highest BCUT2D eigenvalue weighted by atomic mass is 16.5. The highest BCUT2D eigenvalue weighted by Gasteiger charge is 2.10. The van der Waals surface area contributed by atoms with E-state index >= 15 is 0 Å². The summed E-state index contributed by atoms with van der Waals surface area (Å²) in [6.45, 7) is 0. The smallest absolute Gasteiger partial charge is 0.266 e. The summed E-state index contributed by atoms with van der Waals surface area (Å²) in [5.74, 6) is 1.33. The predicted octanol–water partition coefficient (Wildman–Crippen LogP) is 4.56. The van der Waals surface area contributed by atoms with Crippen molar-refractivity contribution in [3.63, 3.8) is 0 Å². The third kappa shape index (κ3) is 3.25. The van der Waals surface area contributed by atoms with Crippen LogP contribution in [0.2, 0.25) is 0 Å². The summed E-state index contributed by atoms with van der Waals surface area (Å²) in [7, 11) is 1.64. The lowest BCUT2D eigenvalue weighted by Gasteiger charge is -2.11. The van der Waals surface area contributed by atoms with Gasteiger partial charge in [-0.1, -0.05) is 48.5 Å². The number of para-hydroxylation sites is 3. The number of nitrogens with zero attached hydrogens (tertiary/aromatic N) is 2. The third-order valence-electron chi connectivity index (χ3n) is 4.37. The van der Waals surface area contributed by atoms with Crippen molar-refractivity contribution < 1.29 is 4.74 Å². The summed E-state index contributed by atoms with van der Waals surface area (Å²) in [6.07, 6.45) is 3.76. The first kappa shape index (κ1) is 16.8. The molecule has 0 atom stereocenters. The molecule has 0 bridgehead atoms. The van der Waals surface area contributed by atoms with Crippen molar-refractivity contribution in [2.45, 2.75) is 0 Å². The van der Waals surface area contributed by atoms with E-state index in [9.17, 15) is 4.79 Å². The molecule has 1 aromatic heterocycles. The van der Waals surface area contributed by atoms with Gasteiger partial charge in [-0.3, -0.25) is 9.36 Å². The first-order valence-electron chi connectivity index (χ1n) is 8.66. The van der Waals surface area contributed by atoms with Gasteiger partial charge in [-0.05, 0) is 42.5 Å². The van der Waals surface area contributed by atoms with Gasteiger partial charge in [0.05, 0.1) is 23.7 Å². The van der Waals surface area contributed by atoms with E-state index < -0.39 is 0 Å². The average molecular weight is 354 g/mol. The van der Waals surface area contributed by atoms with Crippen molar-refractivity contribution in [1.29, 1.82) is 0 Å². The first-order valence-corrected chi connectivity index (χ1v) is 8.66. The fraction of sp³-hybridized carbons (Fsp3) is 0.0435. The minimum absolute atomic E-state index is 0.0912. The maximum atomic E-state index is 13.1. The molecule has 4 heteroatoms. The molecule has 1 heterocycles. The van der Waals surface area contributed by atoms with Gasteiger partial charge in [0.2, 0.25) is 0 Å². The molecule has 0 radical (unpaired) electrons. The number of rotatable bonds is 4. The lowest BCUT2D eigenvalue weighted by molar-refractivity contribution is 0.414. The summed E-state index contributed by atoms with van der Waals surface area (Å²) < 4.78 is 7.04. The molecule has 0 N–H and O–H groups in total. The zero-order valence-electron chi connectivity index (χ0n) is 14.9. The molecule has 0 unspecified atom stereocenters. The summed E-state index contributed by atoms with van der Waals surface area (Å²) >= 11 is 0. The molecule has 0 spiro atoms. The monoisotopic (exact) mass is 354 g/mol. The quantitative estimate of drug-likeness (QED) is 0.539. The maximum Gasteiger partial charge on any atom is 0.266 e. The van der Waals surface area contributed by atoms with Crippen LogP contribution in [0.25, 0.3) is 28.7 Å². The third-order valence-corrected chi connectivity index (χ3v) is 4.37. The van der Waals surface area contributed by atoms with Gasteiger partial charge in [-0.2, -0.15) is 0 Å². The van der Waals surface area contributed by atoms with Crippen LogP contribution in [0.15, 0.2) is 83.7 Å². The highest BCUT2D eigenvalue weighted by Crippen LogP contribution is 2.21. The number of ether oxygens (including phenoxy) is 1. The molecule has 132 valence electrons. The van der Waals surface area contributed by atoms with Gasteiger partial charge < -0.3 is 4.74 Å². The molecular weight excluding hydrogens is 336 g/mol. The predicted molar refractivity (Wildman–Crippen MR) is 109 cm³/mol. The van der Waals surface area contributed by atoms with Crippen LogP contribution in [0.4, 0.5) is 0 Å². The van der Waals surface area contributed by atoms with Crippen molar-refractivity contribution in [2.75, 3.05) is 7.11 Å². The largest absolute Gasteiger partial charge is 0.496 e. The van der Waals surface area contributed by atoms with Gasteiger partial charge in [-0.15, -0.1) is 0 Å². The van der Waals surface area contributed by atoms with E-state index in [0.29, 0.717) is 16.7 Å². The van der Waals surface area contributed by atoms with Crippen molar-refractivity contribution in [1.82, 2.24) is 9.55 Å². The fourth-order valence-corrected chi connectivity index (χ4v) is 3.06. The van der Waals surface area contributed by atoms with Gasteiger partial charge in [0.15, 0.2) is 0 Å². The molecule has 0 fully saturated rings. The Balaban J connectivity index is 1.94. The minimum Gasteiger partial charge on any atom is -0.496 e. The summed E-state index contributed by atoms with van der Waals surface area (Å²) in [5, 5.41) is 0.593. The standard InChI is InChI=1S/C23H18N2O2/c1-27-21-14-8-5-9-17(21)15-16-22-24-20-13-7-6-12-19(20)23(26)25(22)18-10-3-2-4-11-18/h2-16H,1H3. The average Bonchev–Trinajstić information content (AvgIpc) is 2.73. The Bertz CT molecular complexity index is 1180. The van der Waals surface area contributed by atoms with Crippen molar-refractivity contribution in [3.05, 3.63) is 101 Å². The molecule has 27 heavy (non-hydrogen) atoms. The molecule has 3 aromatic carbocycles. The number of benzene rings is 3. The Morgan fingerprint density at radius 1 is 0.852 bits per heavy atom. The summed E-state index contributed by atoms with van der Waals surface area (Å²) in [4.78, 5) is 17.9. The molecule has 0 aliphatic rings. The van der Waals surface area contributed by atoms with E-state index in [-0.39, 0.29) is 5.56 Å². The second-order valence-electron chi connectivity index (χ2n) is 6.04. The van der Waals surface area contributed by atoms with Gasteiger partial charge in [-0.25, -0.2) is 4.98 Å². The molecule has 0 saturated carbocycles. The van der Waals surface area contributed by atoms with E-state index in [1.54, 1.807) is 17.7 Å². The molecule has 0 saturated heterocycles. The summed E-state index contributed by atoms with van der Waals surface area (Å²) in [6, 6.07) is 24.7. The zero-order chi connectivity index (χ0) is 18.6. The Hall–Kier alpha value is -3.66. The van der Waals surface area contributed by atoms with Crippen molar-refractivity contribution in [2.24, 2.45) is 0 Å². The van der Waals surface area contributed by atoms with Crippen molar-refractivity contribution >= 4 is 23.1 Å². The van der Waals surface area contributed by atoms with E-state index in [1.165, 1.54) is 0 Å². The second-order valence-corrected chi connectivity index (χ2v) is 6.04. The van der Waals surface area contributed by atoms with Gasteiger partial charge >= 0.3 is 0 Å². The Kier molecular flexibility index (Phi) is 4.54. The molecule has 4 rings (SSSR count). The molecule has 0 amide bonds. The Morgan fingerprint density at radius 3 is 2.37 bits per heavy atom. The lowest BCUT2D eigenvalue weighted by Crippen LogP contribution is -2.22. The van der Waals surface area contributed by atoms with Gasteiger partial charge in [0.1, 0.15) is 11.6 Å². The van der Waals surface area contributed by atoms with E-state index in [2.05, 4.69) is 0 Å². The van der Waals surface area contributed by atoms with Crippen LogP contribution in [0.1, 0.15) is 11.4 Å². The Morgan fingerprint density at radius 2 is 1.56 bits per heavy atom. The fourth-order valence-electron chi connectivity index (χ4n) is 3.06. The number of hydrogen-bond donors (Lipinski definition) is 0. The van der Waals surface area contributed by atoms with Crippen LogP contribution in [0.3, 0.4) is 0 Å². The number of fused-ring (bicyclic) bond motifs is 1. The number of aromatic nitrogens is 2. The molecule has 0 aliphatic heterocycles. The zero-order valence-corrected chi connectivity index (χ0v) is 14.9. The number of hydrogen-bond acceptors (Lipinski definition) is 3. The van der Waals surface area contributed by atoms with E-state index in [1.807, 2.05) is 84.9 Å². The van der Waals surface area contributed by atoms with Gasteiger partial charge in [0, 0.05) is 5.56 Å².